The minimum absolute atomic E-state index is 0.0482. The Morgan fingerprint density at radius 2 is 1.83 bits per heavy atom. The number of alkyl halides is 3. The lowest BCUT2D eigenvalue weighted by molar-refractivity contribution is -0.137. The summed E-state index contributed by atoms with van der Waals surface area (Å²) in [6, 6.07) is 4.28. The molecule has 1 amide bonds. The molecule has 1 fully saturated rings. The monoisotopic (exact) mass is 366 g/mol. The first-order valence-corrected chi connectivity index (χ1v) is 8.95. The lowest BCUT2D eigenvalue weighted by Crippen LogP contribution is -2.51. The van der Waals surface area contributed by atoms with Gasteiger partial charge in [0, 0.05) is 26.2 Å². The van der Waals surface area contributed by atoms with Crippen LogP contribution < -0.4 is 4.74 Å². The topological polar surface area (TPSA) is 66.9 Å². The number of carbonyl (C=O) groups is 1. The summed E-state index contributed by atoms with van der Waals surface area (Å²) in [6.07, 6.45) is -3.38. The van der Waals surface area contributed by atoms with Gasteiger partial charge in [-0.05, 0) is 18.2 Å². The van der Waals surface area contributed by atoms with Crippen molar-refractivity contribution >= 4 is 15.9 Å². The number of piperazine rings is 1. The van der Waals surface area contributed by atoms with Crippen molar-refractivity contribution in [1.29, 1.82) is 0 Å². The molecule has 1 heterocycles. The Kier molecular flexibility index (Phi) is 5.38. The zero-order chi connectivity index (χ0) is 18.0. The highest BCUT2D eigenvalue weighted by molar-refractivity contribution is 7.88. The van der Waals surface area contributed by atoms with Crippen LogP contribution >= 0.6 is 0 Å². The van der Waals surface area contributed by atoms with Crippen LogP contribution in [-0.2, 0) is 21.0 Å². The fourth-order valence-electron chi connectivity index (χ4n) is 2.27. The number of sulfonamides is 1. The second-order valence-electron chi connectivity index (χ2n) is 5.36. The molecular weight excluding hydrogens is 349 g/mol. The van der Waals surface area contributed by atoms with E-state index in [4.69, 9.17) is 4.74 Å². The summed E-state index contributed by atoms with van der Waals surface area (Å²) in [5.74, 6) is -0.450. The third kappa shape index (κ3) is 4.84. The largest absolute Gasteiger partial charge is 0.484 e. The van der Waals surface area contributed by atoms with Gasteiger partial charge < -0.3 is 9.64 Å². The smallest absolute Gasteiger partial charge is 0.416 e. The van der Waals surface area contributed by atoms with Crippen LogP contribution in [0.3, 0.4) is 0 Å². The molecule has 0 aromatic heterocycles. The van der Waals surface area contributed by atoms with Crippen LogP contribution in [0.15, 0.2) is 24.3 Å². The van der Waals surface area contributed by atoms with Crippen LogP contribution in [-0.4, -0.2) is 62.6 Å². The van der Waals surface area contributed by atoms with Crippen molar-refractivity contribution < 1.29 is 31.1 Å². The van der Waals surface area contributed by atoms with E-state index < -0.39 is 34.3 Å². The van der Waals surface area contributed by atoms with E-state index in [1.807, 2.05) is 0 Å². The molecule has 6 nitrogen and oxygen atoms in total. The molecule has 134 valence electrons. The van der Waals surface area contributed by atoms with E-state index in [1.54, 1.807) is 0 Å². The molecule has 1 aromatic rings. The van der Waals surface area contributed by atoms with Crippen molar-refractivity contribution in [3.63, 3.8) is 0 Å². The number of nitrogens with zero attached hydrogens (tertiary/aromatic N) is 2. The van der Waals surface area contributed by atoms with Crippen LogP contribution in [0.5, 0.6) is 5.75 Å². The Morgan fingerprint density at radius 1 is 1.21 bits per heavy atom. The molecule has 1 aliphatic rings. The average molecular weight is 366 g/mol. The summed E-state index contributed by atoms with van der Waals surface area (Å²) in [7, 11) is -3.29. The minimum atomic E-state index is -4.48. The first-order chi connectivity index (χ1) is 11.1. The fraction of sp³-hybridized carbons (Fsp3) is 0.500. The van der Waals surface area contributed by atoms with Gasteiger partial charge in [0.15, 0.2) is 6.61 Å². The van der Waals surface area contributed by atoms with Gasteiger partial charge in [0.25, 0.3) is 5.91 Å². The molecule has 0 N–H and O–H groups in total. The average Bonchev–Trinajstić information content (AvgIpc) is 2.51. The SMILES string of the molecule is CS(=O)(=O)N1CCN(C(=O)COc2cccc(C(F)(F)F)c2)CC1. The molecule has 24 heavy (non-hydrogen) atoms. The van der Waals surface area contributed by atoms with Crippen molar-refractivity contribution in [3.8, 4) is 5.75 Å². The summed E-state index contributed by atoms with van der Waals surface area (Å²) < 4.78 is 67.0. The molecule has 0 spiro atoms. The van der Waals surface area contributed by atoms with E-state index in [0.717, 1.165) is 18.4 Å². The van der Waals surface area contributed by atoms with Gasteiger partial charge in [0.1, 0.15) is 5.75 Å². The number of hydrogen-bond acceptors (Lipinski definition) is 4. The van der Waals surface area contributed by atoms with Crippen LogP contribution in [0.1, 0.15) is 5.56 Å². The number of hydrogen-bond donors (Lipinski definition) is 0. The van der Waals surface area contributed by atoms with Crippen molar-refractivity contribution in [2.24, 2.45) is 0 Å². The Morgan fingerprint density at radius 3 is 2.38 bits per heavy atom. The Balaban J connectivity index is 1.88. The molecular formula is C14H17F3N2O4S. The summed E-state index contributed by atoms with van der Waals surface area (Å²) >= 11 is 0. The number of halogens is 3. The molecule has 0 atom stereocenters. The number of benzene rings is 1. The molecule has 1 aliphatic heterocycles. The molecule has 0 radical (unpaired) electrons. The maximum atomic E-state index is 12.6. The molecule has 0 saturated carbocycles. The lowest BCUT2D eigenvalue weighted by atomic mass is 10.2. The van der Waals surface area contributed by atoms with Crippen LogP contribution in [0, 0.1) is 0 Å². The third-order valence-corrected chi connectivity index (χ3v) is 4.89. The number of rotatable bonds is 4. The maximum Gasteiger partial charge on any atom is 0.416 e. The normalized spacial score (nSPS) is 16.9. The lowest BCUT2D eigenvalue weighted by Gasteiger charge is -2.33. The van der Waals surface area contributed by atoms with E-state index in [-0.39, 0.29) is 31.9 Å². The summed E-state index contributed by atoms with van der Waals surface area (Å²) in [4.78, 5) is 13.4. The number of ether oxygens (including phenoxy) is 1. The maximum absolute atomic E-state index is 12.6. The van der Waals surface area contributed by atoms with Gasteiger partial charge in [-0.15, -0.1) is 0 Å². The fourth-order valence-corrected chi connectivity index (χ4v) is 3.09. The van der Waals surface area contributed by atoms with Gasteiger partial charge in [-0.1, -0.05) is 6.07 Å². The predicted octanol–water partition coefficient (Wildman–Crippen LogP) is 1.19. The standard InChI is InChI=1S/C14H17F3N2O4S/c1-24(21,22)19-7-5-18(6-8-19)13(20)10-23-12-4-2-3-11(9-12)14(15,16)17/h2-4,9H,5-8,10H2,1H3. The van der Waals surface area contributed by atoms with Gasteiger partial charge in [0.2, 0.25) is 10.0 Å². The minimum Gasteiger partial charge on any atom is -0.484 e. The molecule has 10 heteroatoms. The summed E-state index contributed by atoms with van der Waals surface area (Å²) in [5, 5.41) is 0. The molecule has 1 saturated heterocycles. The molecule has 0 aliphatic carbocycles. The number of amides is 1. The van der Waals surface area contributed by atoms with E-state index in [9.17, 15) is 26.4 Å². The summed E-state index contributed by atoms with van der Waals surface area (Å²) in [5.41, 5.74) is -0.853. The second kappa shape index (κ2) is 6.98. The molecule has 1 aromatic carbocycles. The van der Waals surface area contributed by atoms with Crippen LogP contribution in [0.2, 0.25) is 0 Å². The summed E-state index contributed by atoms with van der Waals surface area (Å²) in [6.45, 7) is 0.415. The van der Waals surface area contributed by atoms with Crippen molar-refractivity contribution in [2.45, 2.75) is 6.18 Å². The van der Waals surface area contributed by atoms with E-state index in [0.29, 0.717) is 0 Å². The van der Waals surface area contributed by atoms with Gasteiger partial charge >= 0.3 is 6.18 Å². The molecule has 0 unspecified atom stereocenters. The first kappa shape index (κ1) is 18.5. The highest BCUT2D eigenvalue weighted by Crippen LogP contribution is 2.31. The van der Waals surface area contributed by atoms with Crippen LogP contribution in [0.4, 0.5) is 13.2 Å². The third-order valence-electron chi connectivity index (χ3n) is 3.58. The molecule has 0 bridgehead atoms. The second-order valence-corrected chi connectivity index (χ2v) is 7.34. The Bertz CT molecular complexity index is 698. The Hall–Kier alpha value is -1.81. The quantitative estimate of drug-likeness (QED) is 0.803. The van der Waals surface area contributed by atoms with E-state index in [2.05, 4.69) is 0 Å². The van der Waals surface area contributed by atoms with E-state index in [1.165, 1.54) is 21.3 Å². The molecule has 2 rings (SSSR count). The van der Waals surface area contributed by atoms with Gasteiger partial charge in [-0.2, -0.15) is 17.5 Å². The predicted molar refractivity (Wildman–Crippen MR) is 79.9 cm³/mol. The van der Waals surface area contributed by atoms with Crippen molar-refractivity contribution in [3.05, 3.63) is 29.8 Å². The number of carbonyl (C=O) groups excluding carboxylic acids is 1. The zero-order valence-corrected chi connectivity index (χ0v) is 13.7. The first-order valence-electron chi connectivity index (χ1n) is 7.10. The van der Waals surface area contributed by atoms with Gasteiger partial charge in [-0.25, -0.2) is 8.42 Å². The highest BCUT2D eigenvalue weighted by atomic mass is 32.2. The Labute approximate surface area is 137 Å². The van der Waals surface area contributed by atoms with Crippen LogP contribution in [0.25, 0.3) is 0 Å². The van der Waals surface area contributed by atoms with Gasteiger partial charge in [0.05, 0.1) is 11.8 Å². The van der Waals surface area contributed by atoms with E-state index >= 15 is 0 Å². The highest BCUT2D eigenvalue weighted by Gasteiger charge is 2.31. The van der Waals surface area contributed by atoms with Crippen molar-refractivity contribution in [2.75, 3.05) is 39.0 Å². The van der Waals surface area contributed by atoms with Gasteiger partial charge in [-0.3, -0.25) is 4.79 Å². The zero-order valence-electron chi connectivity index (χ0n) is 12.9. The van der Waals surface area contributed by atoms with Crippen molar-refractivity contribution in [1.82, 2.24) is 9.21 Å².